The van der Waals surface area contributed by atoms with Crippen molar-refractivity contribution in [2.75, 3.05) is 26.4 Å². The van der Waals surface area contributed by atoms with Gasteiger partial charge in [0.2, 0.25) is 0 Å². The van der Waals surface area contributed by atoms with Crippen LogP contribution < -0.4 is 0 Å². The van der Waals surface area contributed by atoms with E-state index in [0.717, 1.165) is 0 Å². The predicted molar refractivity (Wildman–Crippen MR) is 116 cm³/mol. The van der Waals surface area contributed by atoms with Gasteiger partial charge < -0.3 is 18.9 Å². The first-order valence-electron chi connectivity index (χ1n) is 10.3. The molecule has 170 valence electrons. The van der Waals surface area contributed by atoms with Crippen LogP contribution in [0.4, 0.5) is 0 Å². The van der Waals surface area contributed by atoms with E-state index >= 15 is 0 Å². The number of benzene rings is 2. The minimum absolute atomic E-state index is 0.0370. The summed E-state index contributed by atoms with van der Waals surface area (Å²) < 4.78 is 20.2. The molecular formula is C24H26O8. The Morgan fingerprint density at radius 2 is 0.781 bits per heavy atom. The van der Waals surface area contributed by atoms with E-state index in [4.69, 9.17) is 18.9 Å². The third-order valence-electron chi connectivity index (χ3n) is 4.35. The molecule has 0 amide bonds. The van der Waals surface area contributed by atoms with E-state index in [1.165, 1.54) is 24.3 Å². The Bertz CT molecular complexity index is 928. The van der Waals surface area contributed by atoms with Gasteiger partial charge >= 0.3 is 23.9 Å². The Kier molecular flexibility index (Phi) is 8.95. The number of esters is 4. The van der Waals surface area contributed by atoms with E-state index < -0.39 is 23.9 Å². The fourth-order valence-electron chi connectivity index (χ4n) is 2.98. The number of rotatable bonds is 9. The average Bonchev–Trinajstić information content (AvgIpc) is 2.79. The maximum absolute atomic E-state index is 12.5. The molecule has 0 atom stereocenters. The number of carbonyl (C=O) groups excluding carboxylic acids is 4. The van der Waals surface area contributed by atoms with Crippen LogP contribution in [0, 0.1) is 0 Å². The van der Waals surface area contributed by atoms with Crippen molar-refractivity contribution in [2.45, 2.75) is 27.7 Å². The topological polar surface area (TPSA) is 105 Å². The monoisotopic (exact) mass is 442 g/mol. The van der Waals surface area contributed by atoms with Crippen molar-refractivity contribution in [3.8, 4) is 11.1 Å². The van der Waals surface area contributed by atoms with E-state index in [1.807, 2.05) is 0 Å². The lowest BCUT2D eigenvalue weighted by molar-refractivity contribution is 0.0479. The van der Waals surface area contributed by atoms with Crippen LogP contribution in [-0.4, -0.2) is 50.3 Å². The zero-order valence-electron chi connectivity index (χ0n) is 18.6. The lowest BCUT2D eigenvalue weighted by Crippen LogP contribution is -2.15. The second-order valence-electron chi connectivity index (χ2n) is 6.40. The Labute approximate surface area is 186 Å². The maximum Gasteiger partial charge on any atom is 0.339 e. The summed E-state index contributed by atoms with van der Waals surface area (Å²) in [5.41, 5.74) is 1.28. The Morgan fingerprint density at radius 3 is 1.06 bits per heavy atom. The molecule has 2 rings (SSSR count). The van der Waals surface area contributed by atoms with Gasteiger partial charge in [-0.05, 0) is 63.1 Å². The highest BCUT2D eigenvalue weighted by Crippen LogP contribution is 2.27. The van der Waals surface area contributed by atoms with Crippen LogP contribution in [0.3, 0.4) is 0 Å². The summed E-state index contributed by atoms with van der Waals surface area (Å²) >= 11 is 0. The molecule has 2 aromatic carbocycles. The highest BCUT2D eigenvalue weighted by molar-refractivity contribution is 6.06. The summed E-state index contributed by atoms with van der Waals surface area (Å²) in [6, 6.07) is 9.12. The molecule has 0 aliphatic rings. The minimum atomic E-state index is -0.675. The van der Waals surface area contributed by atoms with Gasteiger partial charge in [0.1, 0.15) is 0 Å². The standard InChI is InChI=1S/C24H26O8/c1-5-29-21(25)17-11-9-15(13-19(17)23(27)31-7-3)16-10-12-18(22(26)30-6-2)20(14-16)24(28)32-8-4/h9-14H,5-8H2,1-4H3. The zero-order valence-corrected chi connectivity index (χ0v) is 18.6. The first-order chi connectivity index (χ1) is 15.4. The molecular weight excluding hydrogens is 416 g/mol. The van der Waals surface area contributed by atoms with Gasteiger partial charge in [-0.15, -0.1) is 0 Å². The summed E-state index contributed by atoms with van der Waals surface area (Å²) in [6.45, 7) is 7.22. The van der Waals surface area contributed by atoms with Gasteiger partial charge in [-0.3, -0.25) is 0 Å². The molecule has 0 radical (unpaired) electrons. The van der Waals surface area contributed by atoms with Gasteiger partial charge in [-0.1, -0.05) is 12.1 Å². The average molecular weight is 442 g/mol. The van der Waals surface area contributed by atoms with Crippen molar-refractivity contribution in [3.63, 3.8) is 0 Å². The van der Waals surface area contributed by atoms with Crippen LogP contribution in [0.5, 0.6) is 0 Å². The first-order valence-corrected chi connectivity index (χ1v) is 10.3. The van der Waals surface area contributed by atoms with Crippen molar-refractivity contribution in [1.29, 1.82) is 0 Å². The highest BCUT2D eigenvalue weighted by atomic mass is 16.5. The molecule has 8 heteroatoms. The highest BCUT2D eigenvalue weighted by Gasteiger charge is 2.23. The summed E-state index contributed by atoms with van der Waals surface area (Å²) in [4.78, 5) is 49.5. The molecule has 0 fully saturated rings. The molecule has 0 bridgehead atoms. The number of ether oxygens (including phenoxy) is 4. The molecule has 0 heterocycles. The van der Waals surface area contributed by atoms with Crippen LogP contribution in [0.15, 0.2) is 36.4 Å². The summed E-state index contributed by atoms with van der Waals surface area (Å²) in [5, 5.41) is 0. The van der Waals surface area contributed by atoms with Crippen molar-refractivity contribution in [1.82, 2.24) is 0 Å². The fourth-order valence-corrected chi connectivity index (χ4v) is 2.98. The minimum Gasteiger partial charge on any atom is -0.462 e. The van der Waals surface area contributed by atoms with Gasteiger partial charge in [0.25, 0.3) is 0 Å². The lowest BCUT2D eigenvalue weighted by Gasteiger charge is -2.13. The van der Waals surface area contributed by atoms with E-state index in [0.29, 0.717) is 11.1 Å². The number of carbonyl (C=O) groups is 4. The molecule has 32 heavy (non-hydrogen) atoms. The number of hydrogen-bond acceptors (Lipinski definition) is 8. The van der Waals surface area contributed by atoms with E-state index in [1.54, 1.807) is 39.8 Å². The molecule has 0 unspecified atom stereocenters. The molecule has 0 N–H and O–H groups in total. The first kappa shape index (κ1) is 24.6. The quantitative estimate of drug-likeness (QED) is 0.423. The summed E-state index contributed by atoms with van der Waals surface area (Å²) in [6.07, 6.45) is 0. The van der Waals surface area contributed by atoms with Gasteiger partial charge in [0.05, 0.1) is 48.7 Å². The summed E-state index contributed by atoms with van der Waals surface area (Å²) in [5.74, 6) is -2.64. The van der Waals surface area contributed by atoms with Crippen LogP contribution in [0.1, 0.15) is 69.1 Å². The molecule has 0 aliphatic heterocycles. The summed E-state index contributed by atoms with van der Waals surface area (Å²) in [7, 11) is 0. The fraction of sp³-hybridized carbons (Fsp3) is 0.333. The van der Waals surface area contributed by atoms with Crippen LogP contribution in [-0.2, 0) is 18.9 Å². The van der Waals surface area contributed by atoms with Crippen LogP contribution >= 0.6 is 0 Å². The van der Waals surface area contributed by atoms with Crippen LogP contribution in [0.25, 0.3) is 11.1 Å². The third-order valence-corrected chi connectivity index (χ3v) is 4.35. The third kappa shape index (κ3) is 5.72. The molecule has 2 aromatic rings. The largest absolute Gasteiger partial charge is 0.462 e. The van der Waals surface area contributed by atoms with Crippen molar-refractivity contribution in [2.24, 2.45) is 0 Å². The molecule has 8 nitrogen and oxygen atoms in total. The Morgan fingerprint density at radius 1 is 0.500 bits per heavy atom. The zero-order chi connectivity index (χ0) is 23.7. The van der Waals surface area contributed by atoms with Crippen LogP contribution in [0.2, 0.25) is 0 Å². The van der Waals surface area contributed by atoms with E-state index in [-0.39, 0.29) is 48.7 Å². The second-order valence-corrected chi connectivity index (χ2v) is 6.40. The Hall–Kier alpha value is -3.68. The van der Waals surface area contributed by atoms with Gasteiger partial charge in [-0.2, -0.15) is 0 Å². The van der Waals surface area contributed by atoms with Crippen molar-refractivity contribution < 1.29 is 38.1 Å². The molecule has 0 aromatic heterocycles. The van der Waals surface area contributed by atoms with E-state index in [2.05, 4.69) is 0 Å². The van der Waals surface area contributed by atoms with Gasteiger partial charge in [0.15, 0.2) is 0 Å². The predicted octanol–water partition coefficient (Wildman–Crippen LogP) is 4.06. The molecule has 0 saturated heterocycles. The lowest BCUT2D eigenvalue weighted by atomic mass is 9.95. The van der Waals surface area contributed by atoms with Crippen molar-refractivity contribution in [3.05, 3.63) is 58.7 Å². The Balaban J connectivity index is 2.60. The van der Waals surface area contributed by atoms with Gasteiger partial charge in [-0.25, -0.2) is 19.2 Å². The smallest absolute Gasteiger partial charge is 0.339 e. The maximum atomic E-state index is 12.5. The van der Waals surface area contributed by atoms with Crippen molar-refractivity contribution >= 4 is 23.9 Å². The number of hydrogen-bond donors (Lipinski definition) is 0. The molecule has 0 saturated carbocycles. The SMILES string of the molecule is CCOC(=O)c1ccc(-c2ccc(C(=O)OCC)c(C(=O)OCC)c2)cc1C(=O)OCC. The normalized spacial score (nSPS) is 10.2. The second kappa shape index (κ2) is 11.6. The van der Waals surface area contributed by atoms with E-state index in [9.17, 15) is 19.2 Å². The molecule has 0 spiro atoms. The van der Waals surface area contributed by atoms with Gasteiger partial charge in [0, 0.05) is 0 Å². The molecule has 0 aliphatic carbocycles.